The zero-order valence-corrected chi connectivity index (χ0v) is 16.3. The van der Waals surface area contributed by atoms with E-state index in [9.17, 15) is 14.7 Å². The number of carboxylic acid groups (broad SMARTS) is 1. The van der Waals surface area contributed by atoms with Crippen LogP contribution in [0.15, 0.2) is 28.9 Å². The number of halogens is 1. The lowest BCUT2D eigenvalue weighted by Gasteiger charge is -2.32. The van der Waals surface area contributed by atoms with Crippen LogP contribution in [-0.4, -0.2) is 41.5 Å². The normalized spacial score (nSPS) is 13.6. The van der Waals surface area contributed by atoms with Gasteiger partial charge in [-0.25, -0.2) is 10.2 Å². The van der Waals surface area contributed by atoms with Gasteiger partial charge in [-0.05, 0) is 30.5 Å². The molecule has 1 heterocycles. The van der Waals surface area contributed by atoms with Crippen molar-refractivity contribution in [3.05, 3.63) is 40.1 Å². The Kier molecular flexibility index (Phi) is 7.06. The molecule has 0 fully saturated rings. The Morgan fingerprint density at radius 2 is 1.88 bits per heavy atom. The second-order valence-electron chi connectivity index (χ2n) is 6.23. The molecule has 7 heteroatoms. The van der Waals surface area contributed by atoms with Crippen LogP contribution in [0.5, 0.6) is 0 Å². The van der Waals surface area contributed by atoms with E-state index in [2.05, 4.69) is 5.43 Å². The average Bonchev–Trinajstić information content (AvgIpc) is 2.62. The van der Waals surface area contributed by atoms with Gasteiger partial charge in [-0.1, -0.05) is 38.4 Å². The van der Waals surface area contributed by atoms with Crippen LogP contribution >= 0.6 is 11.6 Å². The van der Waals surface area contributed by atoms with Gasteiger partial charge in [0, 0.05) is 31.6 Å². The maximum absolute atomic E-state index is 12.9. The third-order valence-electron chi connectivity index (χ3n) is 4.23. The number of fused-ring (bicyclic) bond motifs is 1. The van der Waals surface area contributed by atoms with E-state index in [0.717, 1.165) is 24.1 Å². The fourth-order valence-corrected chi connectivity index (χ4v) is 3.37. The highest BCUT2D eigenvalue weighted by atomic mass is 35.5. The van der Waals surface area contributed by atoms with Gasteiger partial charge >= 0.3 is 5.97 Å². The van der Waals surface area contributed by atoms with Crippen LogP contribution in [0.1, 0.15) is 49.5 Å². The number of rotatable bonds is 8. The molecular weight excluding hydrogens is 354 g/mol. The molecule has 26 heavy (non-hydrogen) atoms. The summed E-state index contributed by atoms with van der Waals surface area (Å²) in [7, 11) is 0. The summed E-state index contributed by atoms with van der Waals surface area (Å²) >= 11 is 6.31. The second kappa shape index (κ2) is 9.05. The number of aliphatic carboxylic acids is 1. The number of nitrogens with zero attached hydrogens (tertiary/aromatic N) is 2. The van der Waals surface area contributed by atoms with E-state index in [-0.39, 0.29) is 23.1 Å². The van der Waals surface area contributed by atoms with Gasteiger partial charge in [0.1, 0.15) is 5.16 Å². The number of hydrogen-bond acceptors (Lipinski definition) is 4. The third kappa shape index (κ3) is 4.19. The van der Waals surface area contributed by atoms with Gasteiger partial charge < -0.3 is 10.0 Å². The Hall–Kier alpha value is -2.05. The Morgan fingerprint density at radius 1 is 1.23 bits per heavy atom. The Bertz CT molecular complexity index is 712. The van der Waals surface area contributed by atoms with Crippen LogP contribution < -0.4 is 10.4 Å². The van der Waals surface area contributed by atoms with E-state index in [1.54, 1.807) is 17.1 Å². The summed E-state index contributed by atoms with van der Waals surface area (Å²) < 4.78 is 0. The van der Waals surface area contributed by atoms with Gasteiger partial charge in [0.25, 0.3) is 5.91 Å². The first-order chi connectivity index (χ1) is 12.4. The third-order valence-corrected chi connectivity index (χ3v) is 4.63. The van der Waals surface area contributed by atoms with Crippen LogP contribution in [0.25, 0.3) is 0 Å². The maximum atomic E-state index is 12.9. The number of carbonyl (C=O) groups is 2. The number of amides is 1. The molecule has 1 amide bonds. The first-order valence-corrected chi connectivity index (χ1v) is 9.40. The number of hydrogen-bond donors (Lipinski definition) is 2. The van der Waals surface area contributed by atoms with E-state index in [0.29, 0.717) is 25.2 Å². The van der Waals surface area contributed by atoms with Crippen molar-refractivity contribution in [1.82, 2.24) is 10.3 Å². The highest BCUT2D eigenvalue weighted by Crippen LogP contribution is 2.35. The molecule has 1 aliphatic rings. The lowest BCUT2D eigenvalue weighted by molar-refractivity contribution is -0.132. The van der Waals surface area contributed by atoms with E-state index >= 15 is 0 Å². The minimum atomic E-state index is -1.04. The summed E-state index contributed by atoms with van der Waals surface area (Å²) in [5.74, 6) is -1.06. The predicted molar refractivity (Wildman–Crippen MR) is 103 cm³/mol. The van der Waals surface area contributed by atoms with Crippen molar-refractivity contribution in [3.8, 4) is 0 Å². The number of benzene rings is 1. The van der Waals surface area contributed by atoms with E-state index in [4.69, 9.17) is 11.6 Å². The molecule has 1 aliphatic heterocycles. The minimum absolute atomic E-state index is 0.0166. The number of hydrazine groups is 1. The maximum Gasteiger partial charge on any atom is 0.335 e. The van der Waals surface area contributed by atoms with Crippen molar-refractivity contribution in [2.75, 3.05) is 24.6 Å². The van der Waals surface area contributed by atoms with Crippen LogP contribution in [-0.2, 0) is 11.2 Å². The first kappa shape index (κ1) is 20.3. The van der Waals surface area contributed by atoms with Gasteiger partial charge in [-0.2, -0.15) is 0 Å². The number of carboxylic acids is 1. The fraction of sp³-hybridized carbons (Fsp3) is 0.474. The molecule has 0 bridgehead atoms. The molecule has 0 unspecified atom stereocenters. The summed E-state index contributed by atoms with van der Waals surface area (Å²) in [6.45, 7) is 7.99. The standard InChI is InChI=1S/C19H26ClN3O3/c1-4-9-22(10-5-2)18(24)14-8-7-13-11-15(19(25)26)17(20)23(21-6-3)16(13)12-14/h7-8,12,21H,4-6,9-11H2,1-3H3,(H,25,26). The van der Waals surface area contributed by atoms with Crippen LogP contribution in [0.4, 0.5) is 5.69 Å². The minimum Gasteiger partial charge on any atom is -0.478 e. The Balaban J connectivity index is 2.42. The fourth-order valence-electron chi connectivity index (χ4n) is 3.07. The molecule has 0 spiro atoms. The zero-order valence-electron chi connectivity index (χ0n) is 15.5. The molecule has 2 rings (SSSR count). The topological polar surface area (TPSA) is 72.9 Å². The number of carbonyl (C=O) groups excluding carboxylic acids is 1. The summed E-state index contributed by atoms with van der Waals surface area (Å²) in [6.07, 6.45) is 2.03. The average molecular weight is 380 g/mol. The van der Waals surface area contributed by atoms with Gasteiger partial charge in [0.05, 0.1) is 11.3 Å². The summed E-state index contributed by atoms with van der Waals surface area (Å²) in [5.41, 5.74) is 5.34. The van der Waals surface area contributed by atoms with Crippen molar-refractivity contribution in [2.45, 2.75) is 40.0 Å². The molecule has 6 nitrogen and oxygen atoms in total. The largest absolute Gasteiger partial charge is 0.478 e. The summed E-state index contributed by atoms with van der Waals surface area (Å²) in [6, 6.07) is 5.37. The molecule has 0 saturated heterocycles. The van der Waals surface area contributed by atoms with E-state index < -0.39 is 5.97 Å². The zero-order chi connectivity index (χ0) is 19.3. The summed E-state index contributed by atoms with van der Waals surface area (Å²) in [4.78, 5) is 26.2. The van der Waals surface area contributed by atoms with Crippen LogP contribution in [0.2, 0.25) is 0 Å². The van der Waals surface area contributed by atoms with E-state index in [1.807, 2.05) is 31.7 Å². The van der Waals surface area contributed by atoms with Gasteiger partial charge in [0.15, 0.2) is 0 Å². The molecule has 0 aromatic heterocycles. The molecule has 1 aromatic rings. The van der Waals surface area contributed by atoms with Crippen molar-refractivity contribution in [1.29, 1.82) is 0 Å². The van der Waals surface area contributed by atoms with Crippen molar-refractivity contribution in [2.24, 2.45) is 0 Å². The molecule has 142 valence electrons. The smallest absolute Gasteiger partial charge is 0.335 e. The quantitative estimate of drug-likeness (QED) is 0.677. The highest BCUT2D eigenvalue weighted by molar-refractivity contribution is 6.33. The SMILES string of the molecule is CCCN(CCC)C(=O)c1ccc2c(c1)N(NCC)C(Cl)=C(C(=O)O)C2. The number of nitrogens with one attached hydrogen (secondary N) is 1. The van der Waals surface area contributed by atoms with Crippen LogP contribution in [0, 0.1) is 0 Å². The molecular formula is C19H26ClN3O3. The monoisotopic (exact) mass is 379 g/mol. The van der Waals surface area contributed by atoms with Crippen molar-refractivity contribution < 1.29 is 14.7 Å². The molecule has 1 aromatic carbocycles. The lowest BCUT2D eigenvalue weighted by atomic mass is 9.98. The lowest BCUT2D eigenvalue weighted by Crippen LogP contribution is -2.40. The van der Waals surface area contributed by atoms with Crippen molar-refractivity contribution >= 4 is 29.2 Å². The van der Waals surface area contributed by atoms with Gasteiger partial charge in [-0.15, -0.1) is 0 Å². The Morgan fingerprint density at radius 3 is 2.42 bits per heavy atom. The summed E-state index contributed by atoms with van der Waals surface area (Å²) in [5, 5.41) is 11.1. The molecule has 0 atom stereocenters. The Labute approximate surface area is 159 Å². The first-order valence-electron chi connectivity index (χ1n) is 9.02. The molecule has 2 N–H and O–H groups in total. The molecule has 0 aliphatic carbocycles. The van der Waals surface area contributed by atoms with Crippen molar-refractivity contribution in [3.63, 3.8) is 0 Å². The molecule has 0 radical (unpaired) electrons. The van der Waals surface area contributed by atoms with E-state index in [1.165, 1.54) is 0 Å². The predicted octanol–water partition coefficient (Wildman–Crippen LogP) is 3.37. The van der Waals surface area contributed by atoms with Gasteiger partial charge in [0.2, 0.25) is 0 Å². The van der Waals surface area contributed by atoms with Crippen LogP contribution in [0.3, 0.4) is 0 Å². The molecule has 0 saturated carbocycles. The highest BCUT2D eigenvalue weighted by Gasteiger charge is 2.28. The second-order valence-corrected chi connectivity index (χ2v) is 6.59. The number of anilines is 1. The van der Waals surface area contributed by atoms with Gasteiger partial charge in [-0.3, -0.25) is 9.80 Å².